The van der Waals surface area contributed by atoms with E-state index in [4.69, 9.17) is 15.2 Å². The molecule has 74 valence electrons. The maximum absolute atomic E-state index is 11.0. The number of amides is 1. The van der Waals surface area contributed by atoms with Gasteiger partial charge in [-0.2, -0.15) is 0 Å². The molecular formula is C10H11NO3. The van der Waals surface area contributed by atoms with Crippen LogP contribution in [0.2, 0.25) is 0 Å². The van der Waals surface area contributed by atoms with E-state index >= 15 is 0 Å². The Kier molecular flexibility index (Phi) is 2.04. The van der Waals surface area contributed by atoms with Gasteiger partial charge in [0.15, 0.2) is 11.5 Å². The van der Waals surface area contributed by atoms with Crippen molar-refractivity contribution in [2.24, 2.45) is 5.73 Å². The number of ether oxygens (including phenoxy) is 2. The number of hydrogen-bond acceptors (Lipinski definition) is 3. The van der Waals surface area contributed by atoms with Crippen molar-refractivity contribution in [1.82, 2.24) is 0 Å². The molecule has 4 heteroatoms. The zero-order chi connectivity index (χ0) is 10.1. The largest absolute Gasteiger partial charge is 0.486 e. The lowest BCUT2D eigenvalue weighted by molar-refractivity contribution is 0.0998. The van der Waals surface area contributed by atoms with Gasteiger partial charge in [0.05, 0.1) is 0 Å². The monoisotopic (exact) mass is 193 g/mol. The molecule has 14 heavy (non-hydrogen) atoms. The number of aryl methyl sites for hydroxylation is 1. The van der Waals surface area contributed by atoms with Crippen molar-refractivity contribution in [3.63, 3.8) is 0 Å². The third-order valence-electron chi connectivity index (χ3n) is 2.15. The second-order valence-corrected chi connectivity index (χ2v) is 3.18. The minimum atomic E-state index is -0.445. The topological polar surface area (TPSA) is 61.6 Å². The molecule has 1 heterocycles. The highest BCUT2D eigenvalue weighted by Gasteiger charge is 2.15. The van der Waals surface area contributed by atoms with Crippen molar-refractivity contribution in [3.8, 4) is 11.5 Å². The highest BCUT2D eigenvalue weighted by molar-refractivity contribution is 5.95. The standard InChI is InChI=1S/C10H11NO3/c1-6-4-8-9(14-3-2-13-8)5-7(6)10(11)12/h4-5H,2-3H2,1H3,(H2,11,12). The molecule has 1 aliphatic rings. The number of fused-ring (bicyclic) bond motifs is 1. The summed E-state index contributed by atoms with van der Waals surface area (Å²) in [6.45, 7) is 2.87. The van der Waals surface area contributed by atoms with Crippen LogP contribution in [-0.2, 0) is 0 Å². The van der Waals surface area contributed by atoms with E-state index in [1.165, 1.54) is 0 Å². The van der Waals surface area contributed by atoms with Gasteiger partial charge in [-0.15, -0.1) is 0 Å². The second-order valence-electron chi connectivity index (χ2n) is 3.18. The summed E-state index contributed by atoms with van der Waals surface area (Å²) in [6.07, 6.45) is 0. The summed E-state index contributed by atoms with van der Waals surface area (Å²) in [6, 6.07) is 3.40. The minimum absolute atomic E-state index is 0.445. The Morgan fingerprint density at radius 2 is 1.86 bits per heavy atom. The van der Waals surface area contributed by atoms with Crippen molar-refractivity contribution >= 4 is 5.91 Å². The molecule has 0 atom stereocenters. The van der Waals surface area contributed by atoms with E-state index in [1.807, 2.05) is 6.92 Å². The SMILES string of the molecule is Cc1cc2c(cc1C(N)=O)OCCO2. The molecule has 1 aromatic rings. The first-order chi connectivity index (χ1) is 6.68. The molecule has 0 unspecified atom stereocenters. The third-order valence-corrected chi connectivity index (χ3v) is 2.15. The smallest absolute Gasteiger partial charge is 0.249 e. The molecule has 0 spiro atoms. The molecule has 0 fully saturated rings. The fraction of sp³-hybridized carbons (Fsp3) is 0.300. The lowest BCUT2D eigenvalue weighted by Gasteiger charge is -2.19. The third kappa shape index (κ3) is 1.39. The van der Waals surface area contributed by atoms with Gasteiger partial charge in [0.2, 0.25) is 5.91 Å². The van der Waals surface area contributed by atoms with Gasteiger partial charge in [-0.05, 0) is 24.6 Å². The van der Waals surface area contributed by atoms with Crippen LogP contribution in [0.15, 0.2) is 12.1 Å². The quantitative estimate of drug-likeness (QED) is 0.719. The number of nitrogens with two attached hydrogens (primary N) is 1. The van der Waals surface area contributed by atoms with Crippen molar-refractivity contribution in [2.75, 3.05) is 13.2 Å². The Balaban J connectivity index is 2.50. The molecule has 0 bridgehead atoms. The molecule has 1 amide bonds. The molecule has 4 nitrogen and oxygen atoms in total. The van der Waals surface area contributed by atoms with Crippen molar-refractivity contribution < 1.29 is 14.3 Å². The first-order valence-corrected chi connectivity index (χ1v) is 4.38. The molecule has 1 aromatic carbocycles. The Morgan fingerprint density at radius 1 is 1.29 bits per heavy atom. The average molecular weight is 193 g/mol. The number of benzene rings is 1. The van der Waals surface area contributed by atoms with Gasteiger partial charge in [0.1, 0.15) is 13.2 Å². The summed E-state index contributed by atoms with van der Waals surface area (Å²) in [5.74, 6) is 0.828. The summed E-state index contributed by atoms with van der Waals surface area (Å²) in [5.41, 5.74) is 6.50. The number of carbonyl (C=O) groups excluding carboxylic acids is 1. The van der Waals surface area contributed by atoms with Crippen molar-refractivity contribution in [2.45, 2.75) is 6.92 Å². The van der Waals surface area contributed by atoms with Gasteiger partial charge in [-0.3, -0.25) is 4.79 Å². The van der Waals surface area contributed by atoms with Gasteiger partial charge < -0.3 is 15.2 Å². The number of rotatable bonds is 1. The molecule has 0 aliphatic carbocycles. The van der Waals surface area contributed by atoms with Crippen molar-refractivity contribution in [3.05, 3.63) is 23.3 Å². The van der Waals surface area contributed by atoms with Crippen LogP contribution < -0.4 is 15.2 Å². The van der Waals surface area contributed by atoms with Gasteiger partial charge in [-0.1, -0.05) is 0 Å². The van der Waals surface area contributed by atoms with Crippen LogP contribution in [-0.4, -0.2) is 19.1 Å². The Hall–Kier alpha value is -1.71. The van der Waals surface area contributed by atoms with E-state index in [-0.39, 0.29) is 0 Å². The van der Waals surface area contributed by atoms with E-state index < -0.39 is 5.91 Å². The lowest BCUT2D eigenvalue weighted by Crippen LogP contribution is -2.18. The van der Waals surface area contributed by atoms with E-state index in [0.717, 1.165) is 5.56 Å². The van der Waals surface area contributed by atoms with Gasteiger partial charge in [-0.25, -0.2) is 0 Å². The number of carbonyl (C=O) groups is 1. The first-order valence-electron chi connectivity index (χ1n) is 4.38. The molecule has 0 saturated heterocycles. The minimum Gasteiger partial charge on any atom is -0.486 e. The zero-order valence-corrected chi connectivity index (χ0v) is 7.87. The summed E-state index contributed by atoms with van der Waals surface area (Å²) in [4.78, 5) is 11.0. The van der Waals surface area contributed by atoms with Gasteiger partial charge in [0.25, 0.3) is 0 Å². The Morgan fingerprint density at radius 3 is 2.43 bits per heavy atom. The normalized spacial score (nSPS) is 13.8. The van der Waals surface area contributed by atoms with Crippen LogP contribution in [0.4, 0.5) is 0 Å². The van der Waals surface area contributed by atoms with Gasteiger partial charge in [0, 0.05) is 5.56 Å². The van der Waals surface area contributed by atoms with E-state index in [0.29, 0.717) is 30.3 Å². The molecule has 0 radical (unpaired) electrons. The highest BCUT2D eigenvalue weighted by atomic mass is 16.6. The fourth-order valence-corrected chi connectivity index (χ4v) is 1.46. The molecule has 1 aliphatic heterocycles. The highest BCUT2D eigenvalue weighted by Crippen LogP contribution is 2.32. The van der Waals surface area contributed by atoms with Crippen LogP contribution in [0.25, 0.3) is 0 Å². The fourth-order valence-electron chi connectivity index (χ4n) is 1.46. The first kappa shape index (κ1) is 8.87. The van der Waals surface area contributed by atoms with Crippen LogP contribution in [0, 0.1) is 6.92 Å². The van der Waals surface area contributed by atoms with E-state index in [2.05, 4.69) is 0 Å². The molecule has 0 saturated carbocycles. The van der Waals surface area contributed by atoms with Crippen LogP contribution in [0.5, 0.6) is 11.5 Å². The number of hydrogen-bond donors (Lipinski definition) is 1. The summed E-state index contributed by atoms with van der Waals surface area (Å²) in [5, 5.41) is 0. The molecule has 0 aromatic heterocycles. The van der Waals surface area contributed by atoms with E-state index in [9.17, 15) is 4.79 Å². The lowest BCUT2D eigenvalue weighted by atomic mass is 10.1. The molecule has 2 rings (SSSR count). The Labute approximate surface area is 81.6 Å². The molecule has 2 N–H and O–H groups in total. The van der Waals surface area contributed by atoms with Crippen LogP contribution in [0.1, 0.15) is 15.9 Å². The number of primary amides is 1. The summed E-state index contributed by atoms with van der Waals surface area (Å²) < 4.78 is 10.7. The van der Waals surface area contributed by atoms with E-state index in [1.54, 1.807) is 12.1 Å². The van der Waals surface area contributed by atoms with Crippen molar-refractivity contribution in [1.29, 1.82) is 0 Å². The maximum Gasteiger partial charge on any atom is 0.249 e. The Bertz CT molecular complexity index is 387. The average Bonchev–Trinajstić information content (AvgIpc) is 2.16. The zero-order valence-electron chi connectivity index (χ0n) is 7.87. The maximum atomic E-state index is 11.0. The predicted molar refractivity (Wildman–Crippen MR) is 50.7 cm³/mol. The van der Waals surface area contributed by atoms with Crippen LogP contribution >= 0.6 is 0 Å². The van der Waals surface area contributed by atoms with Crippen LogP contribution in [0.3, 0.4) is 0 Å². The molecular weight excluding hydrogens is 182 g/mol. The predicted octanol–water partition coefficient (Wildman–Crippen LogP) is 0.865. The van der Waals surface area contributed by atoms with Gasteiger partial charge >= 0.3 is 0 Å². The second kappa shape index (κ2) is 3.21. The summed E-state index contributed by atoms with van der Waals surface area (Å²) >= 11 is 0. The summed E-state index contributed by atoms with van der Waals surface area (Å²) in [7, 11) is 0.